The highest BCUT2D eigenvalue weighted by Crippen LogP contribution is 2.21. The molecule has 1 fully saturated rings. The van der Waals surface area contributed by atoms with Crippen LogP contribution in [0.5, 0.6) is 0 Å². The van der Waals surface area contributed by atoms with E-state index in [-0.39, 0.29) is 11.5 Å². The van der Waals surface area contributed by atoms with Crippen LogP contribution in [0.2, 0.25) is 0 Å². The van der Waals surface area contributed by atoms with E-state index in [1.165, 1.54) is 0 Å². The quantitative estimate of drug-likeness (QED) is 0.313. The van der Waals surface area contributed by atoms with Gasteiger partial charge in [0.2, 0.25) is 0 Å². The molecule has 0 amide bonds. The standard InChI is InChI=1S/C25H31N8O2S/c1-18(2)19-13-25(32-29-17-19)31-24-5-4-22-23(30-24)12-20(16-28-22)21(14-26)15-27-6-3-7-33-8-10-36(34,35)11-9-33/h4-5,12-18,27H,3,6-11H2,1-2H3,(H,30,31,32)/q-1/b21-15+. The topological polar surface area (TPSA) is 135 Å². The molecule has 4 heterocycles. The predicted molar refractivity (Wildman–Crippen MR) is 144 cm³/mol. The molecule has 0 aliphatic carbocycles. The Bertz CT molecular complexity index is 1340. The average Bonchev–Trinajstić information content (AvgIpc) is 2.87. The maximum atomic E-state index is 11.5. The lowest BCUT2D eigenvalue weighted by atomic mass is 10.1. The number of hydrogen-bond donors (Lipinski definition) is 2. The second-order valence-corrected chi connectivity index (χ2v) is 11.4. The van der Waals surface area contributed by atoms with Crippen LogP contribution < -0.4 is 10.6 Å². The van der Waals surface area contributed by atoms with Crippen molar-refractivity contribution in [2.24, 2.45) is 0 Å². The van der Waals surface area contributed by atoms with Gasteiger partial charge in [-0.2, -0.15) is 11.3 Å². The molecule has 10 nitrogen and oxygen atoms in total. The zero-order valence-corrected chi connectivity index (χ0v) is 21.4. The Hall–Kier alpha value is -3.44. The molecule has 0 spiro atoms. The fraction of sp³-hybridized carbons (Fsp3) is 0.400. The molecule has 2 N–H and O–H groups in total. The molecule has 11 heteroatoms. The molecule has 1 aliphatic rings. The summed E-state index contributed by atoms with van der Waals surface area (Å²) < 4.78 is 23.1. The molecule has 36 heavy (non-hydrogen) atoms. The SMILES string of the molecule is CC(C)c1cnnc(Nc2ccc3ncc(/C(C=[N-])=C/NCCCN4CCS(=O)(=O)CC4)cc3n2)c1. The summed E-state index contributed by atoms with van der Waals surface area (Å²) >= 11 is 0. The van der Waals surface area contributed by atoms with E-state index in [9.17, 15) is 13.8 Å². The molecule has 1 saturated heterocycles. The first-order valence-electron chi connectivity index (χ1n) is 12.0. The monoisotopic (exact) mass is 507 g/mol. The van der Waals surface area contributed by atoms with Crippen LogP contribution in [0.3, 0.4) is 0 Å². The number of aromatic nitrogens is 4. The Kier molecular flexibility index (Phi) is 8.21. The van der Waals surface area contributed by atoms with Crippen LogP contribution in [-0.4, -0.2) is 77.4 Å². The van der Waals surface area contributed by atoms with Crippen LogP contribution >= 0.6 is 0 Å². The Morgan fingerprint density at radius 2 is 1.94 bits per heavy atom. The van der Waals surface area contributed by atoms with E-state index in [4.69, 9.17) is 0 Å². The highest BCUT2D eigenvalue weighted by molar-refractivity contribution is 7.91. The number of nitrogens with one attached hydrogen (secondary N) is 2. The zero-order valence-electron chi connectivity index (χ0n) is 20.6. The Morgan fingerprint density at radius 3 is 2.69 bits per heavy atom. The third-order valence-corrected chi connectivity index (χ3v) is 7.71. The number of fused-ring (bicyclic) bond motifs is 1. The molecule has 0 aromatic carbocycles. The number of anilines is 2. The van der Waals surface area contributed by atoms with Crippen LogP contribution in [-0.2, 0) is 9.84 Å². The van der Waals surface area contributed by atoms with Crippen molar-refractivity contribution in [1.82, 2.24) is 30.4 Å². The van der Waals surface area contributed by atoms with E-state index in [0.29, 0.717) is 48.3 Å². The van der Waals surface area contributed by atoms with Crippen LogP contribution in [0.25, 0.3) is 22.0 Å². The van der Waals surface area contributed by atoms with E-state index >= 15 is 0 Å². The van der Waals surface area contributed by atoms with Gasteiger partial charge in [-0.05, 0) is 54.3 Å². The van der Waals surface area contributed by atoms with Crippen LogP contribution in [0, 0.1) is 0 Å². The molecule has 190 valence electrons. The second kappa shape index (κ2) is 11.5. The minimum absolute atomic E-state index is 0.238. The van der Waals surface area contributed by atoms with Gasteiger partial charge in [-0.3, -0.25) is 4.98 Å². The van der Waals surface area contributed by atoms with Crippen molar-refractivity contribution < 1.29 is 8.42 Å². The number of allylic oxidation sites excluding steroid dienone is 1. The molecule has 0 saturated carbocycles. The van der Waals surface area contributed by atoms with Crippen LogP contribution in [0.4, 0.5) is 11.6 Å². The van der Waals surface area contributed by atoms with Crippen molar-refractivity contribution in [3.63, 3.8) is 0 Å². The molecule has 3 aromatic rings. The van der Waals surface area contributed by atoms with Gasteiger partial charge >= 0.3 is 0 Å². The minimum Gasteiger partial charge on any atom is -0.810 e. The van der Waals surface area contributed by atoms with Crippen molar-refractivity contribution in [3.8, 4) is 0 Å². The zero-order chi connectivity index (χ0) is 25.5. The van der Waals surface area contributed by atoms with Crippen molar-refractivity contribution in [1.29, 1.82) is 0 Å². The molecule has 0 unspecified atom stereocenters. The smallest absolute Gasteiger partial charge is 0.154 e. The number of rotatable bonds is 10. The maximum Gasteiger partial charge on any atom is 0.154 e. The molecular formula is C25H31N8O2S-. The van der Waals surface area contributed by atoms with Gasteiger partial charge in [0.05, 0.1) is 28.7 Å². The summed E-state index contributed by atoms with van der Waals surface area (Å²) in [5.74, 6) is 2.06. The number of hydrogen-bond acceptors (Lipinski definition) is 9. The van der Waals surface area contributed by atoms with E-state index in [1.807, 2.05) is 24.3 Å². The van der Waals surface area contributed by atoms with Crippen LogP contribution in [0.15, 0.2) is 42.9 Å². The average molecular weight is 508 g/mol. The largest absolute Gasteiger partial charge is 0.810 e. The van der Waals surface area contributed by atoms with Gasteiger partial charge in [-0.25, -0.2) is 13.4 Å². The Labute approximate surface area is 211 Å². The first kappa shape index (κ1) is 25.6. The van der Waals surface area contributed by atoms with Gasteiger partial charge in [-0.1, -0.05) is 13.8 Å². The fourth-order valence-electron chi connectivity index (χ4n) is 3.88. The summed E-state index contributed by atoms with van der Waals surface area (Å²) in [6.07, 6.45) is 7.11. The summed E-state index contributed by atoms with van der Waals surface area (Å²) in [5.41, 5.74) is 3.81. The third-order valence-electron chi connectivity index (χ3n) is 6.10. The first-order valence-corrected chi connectivity index (χ1v) is 13.9. The highest BCUT2D eigenvalue weighted by Gasteiger charge is 2.20. The molecule has 0 bridgehead atoms. The molecule has 4 rings (SSSR count). The summed E-state index contributed by atoms with van der Waals surface area (Å²) in [4.78, 5) is 11.3. The van der Waals surface area contributed by atoms with E-state index < -0.39 is 9.84 Å². The van der Waals surface area contributed by atoms with Gasteiger partial charge < -0.3 is 20.9 Å². The molecule has 0 radical (unpaired) electrons. The lowest BCUT2D eigenvalue weighted by Gasteiger charge is -2.26. The van der Waals surface area contributed by atoms with Gasteiger partial charge in [-0.15, -0.1) is 5.10 Å². The molecular weight excluding hydrogens is 476 g/mol. The Balaban J connectivity index is 1.38. The number of pyridine rings is 2. The number of nitrogens with zero attached hydrogens (tertiary/aromatic N) is 6. The van der Waals surface area contributed by atoms with Gasteiger partial charge in [0.1, 0.15) is 5.82 Å². The fourth-order valence-corrected chi connectivity index (χ4v) is 5.16. The minimum atomic E-state index is -2.86. The van der Waals surface area contributed by atoms with Gasteiger partial charge in [0, 0.05) is 37.6 Å². The third kappa shape index (κ3) is 6.82. The molecule has 0 atom stereocenters. The van der Waals surface area contributed by atoms with Crippen molar-refractivity contribution in [3.05, 3.63) is 59.4 Å². The van der Waals surface area contributed by atoms with E-state index in [0.717, 1.165) is 35.8 Å². The molecule has 3 aromatic heterocycles. The van der Waals surface area contributed by atoms with E-state index in [1.54, 1.807) is 18.6 Å². The molecule has 1 aliphatic heterocycles. The summed E-state index contributed by atoms with van der Waals surface area (Å²) in [7, 11) is -2.86. The lowest BCUT2D eigenvalue weighted by Crippen LogP contribution is -2.41. The second-order valence-electron chi connectivity index (χ2n) is 9.14. The maximum absolute atomic E-state index is 11.5. The first-order chi connectivity index (χ1) is 17.3. The van der Waals surface area contributed by atoms with Gasteiger partial charge in [0.25, 0.3) is 0 Å². The van der Waals surface area contributed by atoms with Crippen molar-refractivity contribution >= 4 is 44.3 Å². The summed E-state index contributed by atoms with van der Waals surface area (Å²) in [6, 6.07) is 7.55. The van der Waals surface area contributed by atoms with E-state index in [2.05, 4.69) is 49.5 Å². The van der Waals surface area contributed by atoms with Crippen molar-refractivity contribution in [2.45, 2.75) is 26.2 Å². The lowest BCUT2D eigenvalue weighted by molar-refractivity contribution is 0.292. The van der Waals surface area contributed by atoms with Crippen molar-refractivity contribution in [2.75, 3.05) is 43.0 Å². The van der Waals surface area contributed by atoms with Crippen LogP contribution in [0.1, 0.15) is 37.3 Å². The normalized spacial score (nSPS) is 16.2. The summed E-state index contributed by atoms with van der Waals surface area (Å²) in [6.45, 7) is 6.92. The number of sulfone groups is 1. The highest BCUT2D eigenvalue weighted by atomic mass is 32.2. The van der Waals surface area contributed by atoms with Gasteiger partial charge in [0.15, 0.2) is 15.7 Å². The Morgan fingerprint density at radius 1 is 1.14 bits per heavy atom. The summed E-state index contributed by atoms with van der Waals surface area (Å²) in [5, 5.41) is 24.4. The predicted octanol–water partition coefficient (Wildman–Crippen LogP) is 2.98.